The fourth-order valence-electron chi connectivity index (χ4n) is 7.25. The summed E-state index contributed by atoms with van der Waals surface area (Å²) in [7, 11) is -10.9. The lowest BCUT2D eigenvalue weighted by atomic mass is 9.92. The lowest BCUT2D eigenvalue weighted by molar-refractivity contribution is 0.343. The van der Waals surface area contributed by atoms with E-state index < -0.39 is 113 Å². The number of hydrogen-bond donors (Lipinski definition) is 0. The van der Waals surface area contributed by atoms with Crippen LogP contribution in [0.2, 0.25) is 0 Å². The van der Waals surface area contributed by atoms with E-state index in [9.17, 15) is 38.7 Å². The molecule has 0 bridgehead atoms. The summed E-state index contributed by atoms with van der Waals surface area (Å²) in [6.07, 6.45) is 0.848. The van der Waals surface area contributed by atoms with Crippen LogP contribution in [0.3, 0.4) is 0 Å². The molecule has 5 aromatic rings. The van der Waals surface area contributed by atoms with Crippen LogP contribution >= 0.6 is 10.2 Å². The number of nitriles is 2. The van der Waals surface area contributed by atoms with E-state index in [1.165, 1.54) is 0 Å². The van der Waals surface area contributed by atoms with Crippen LogP contribution < -0.4 is 10.4 Å². The molecule has 0 atom stereocenters. The fourth-order valence-corrected chi connectivity index (χ4v) is 8.23. The Morgan fingerprint density at radius 3 is 1.33 bits per heavy atom. The minimum absolute atomic E-state index is 0.0283. The Morgan fingerprint density at radius 2 is 0.982 bits per heavy atom. The van der Waals surface area contributed by atoms with E-state index in [0.29, 0.717) is 13.8 Å². The molecule has 3 aromatic carbocycles. The van der Waals surface area contributed by atoms with Crippen LogP contribution in [0, 0.1) is 91.5 Å². The molecule has 2 aromatic heterocycles. The van der Waals surface area contributed by atoms with Gasteiger partial charge in [-0.2, -0.15) is 0 Å². The van der Waals surface area contributed by atoms with Crippen molar-refractivity contribution in [2.45, 2.75) is 38.5 Å². The molecule has 8 nitrogen and oxygen atoms in total. The van der Waals surface area contributed by atoms with Crippen molar-refractivity contribution in [3.05, 3.63) is 120 Å². The average molecular weight is 813 g/mol. The van der Waals surface area contributed by atoms with Crippen LogP contribution in [0.15, 0.2) is 17.3 Å². The number of nitrogens with zero attached hydrogens (tertiary/aromatic N) is 8. The van der Waals surface area contributed by atoms with Gasteiger partial charge in [-0.1, -0.05) is 19.4 Å². The number of halogens is 11. The number of fused-ring (bicyclic) bond motifs is 6. The molecule has 2 heterocycles. The van der Waals surface area contributed by atoms with E-state index >= 15 is 17.6 Å². The van der Waals surface area contributed by atoms with Gasteiger partial charge in [0.15, 0.2) is 39.8 Å². The third-order valence-corrected chi connectivity index (χ3v) is 10.8. The van der Waals surface area contributed by atoms with Crippen molar-refractivity contribution in [1.29, 1.82) is 10.5 Å². The van der Waals surface area contributed by atoms with Crippen molar-refractivity contribution >= 4 is 21.6 Å². The van der Waals surface area contributed by atoms with Gasteiger partial charge in [0.25, 0.3) is 11.4 Å². The molecule has 0 saturated heterocycles. The highest BCUT2D eigenvalue weighted by Crippen LogP contribution is 3.02. The van der Waals surface area contributed by atoms with Crippen molar-refractivity contribution in [2.24, 2.45) is 0 Å². The molecule has 286 valence electrons. The second-order valence-electron chi connectivity index (χ2n) is 12.9. The summed E-state index contributed by atoms with van der Waals surface area (Å²) in [5.74, 6) is -12.0. The maximum Gasteiger partial charge on any atom is 0.315 e. The van der Waals surface area contributed by atoms with Crippen LogP contribution in [0.25, 0.3) is 66.1 Å². The molecule has 0 fully saturated rings. The summed E-state index contributed by atoms with van der Waals surface area (Å²) >= 11 is 0. The Hall–Kier alpha value is -6.90. The maximum atomic E-state index is 15.1. The van der Waals surface area contributed by atoms with Gasteiger partial charge in [0, 0.05) is 45.5 Å². The smallest absolute Gasteiger partial charge is 0.252 e. The van der Waals surface area contributed by atoms with Crippen molar-refractivity contribution in [3.63, 3.8) is 0 Å². The minimum Gasteiger partial charge on any atom is -0.252 e. The standard InChI is InChI=1S/C37H15F11N8S/c1-12-23(13(2)32(41)37(31(12)40)57(44,45,46,47)48)21-10-53-35-17(55-21)6-15-24(19(8-49)51-4)27-16(25(26(15)35)20(9-50)52-5)7-18-36(27)54-11-22(56-18)28-33(42)29(38)14(3)30(39)34(28)43/h10-11H,6-7H2,1-3H3/b24-19-,25-20+. The summed E-state index contributed by atoms with van der Waals surface area (Å²) < 4.78 is 158. The summed E-state index contributed by atoms with van der Waals surface area (Å²) in [4.78, 5) is 20.4. The predicted octanol–water partition coefficient (Wildman–Crippen LogP) is 9.26. The summed E-state index contributed by atoms with van der Waals surface area (Å²) in [5, 5.41) is 19.9. The monoisotopic (exact) mass is 812 g/mol. The Morgan fingerprint density at radius 1 is 0.596 bits per heavy atom. The van der Waals surface area contributed by atoms with Crippen molar-refractivity contribution in [2.75, 3.05) is 0 Å². The molecule has 20 heteroatoms. The lowest BCUT2D eigenvalue weighted by Crippen LogP contribution is -2.26. The molecule has 0 amide bonds. The quantitative estimate of drug-likeness (QED) is 0.100. The van der Waals surface area contributed by atoms with Crippen LogP contribution in [-0.4, -0.2) is 19.9 Å². The highest BCUT2D eigenvalue weighted by Gasteiger charge is 2.69. The number of aromatic nitrogens is 4. The first-order valence-corrected chi connectivity index (χ1v) is 17.8. The van der Waals surface area contributed by atoms with E-state index in [1.807, 2.05) is 0 Å². The van der Waals surface area contributed by atoms with Crippen LogP contribution in [0.4, 0.5) is 45.8 Å². The van der Waals surface area contributed by atoms with Gasteiger partial charge in [0.1, 0.15) is 0 Å². The number of rotatable bonds is 3. The van der Waals surface area contributed by atoms with Crippen molar-refractivity contribution < 1.29 is 45.8 Å². The maximum absolute atomic E-state index is 15.1. The molecule has 0 saturated carbocycles. The predicted molar refractivity (Wildman–Crippen MR) is 181 cm³/mol. The molecule has 7 rings (SSSR count). The van der Waals surface area contributed by atoms with Crippen molar-refractivity contribution in [1.82, 2.24) is 19.9 Å². The molecule has 2 aliphatic carbocycles. The first-order valence-electron chi connectivity index (χ1n) is 15.8. The fraction of sp³-hybridized carbons (Fsp3) is 0.135. The zero-order chi connectivity index (χ0) is 41.9. The van der Waals surface area contributed by atoms with Crippen LogP contribution in [-0.2, 0) is 12.8 Å². The minimum atomic E-state index is -10.9. The number of benzene rings is 3. The largest absolute Gasteiger partial charge is 0.315 e. The average Bonchev–Trinajstić information content (AvgIpc) is 3.71. The van der Waals surface area contributed by atoms with Gasteiger partial charge in [0.05, 0.1) is 77.4 Å². The third kappa shape index (κ3) is 5.47. The highest BCUT2D eigenvalue weighted by molar-refractivity contribution is 8.45. The summed E-state index contributed by atoms with van der Waals surface area (Å²) in [5.41, 5.74) is -7.48. The second-order valence-corrected chi connectivity index (χ2v) is 15.2. The Bertz CT molecular complexity index is 3010. The summed E-state index contributed by atoms with van der Waals surface area (Å²) in [6, 6.07) is 3.49. The Balaban J connectivity index is 1.52. The van der Waals surface area contributed by atoms with Gasteiger partial charge in [0.2, 0.25) is 0 Å². The molecule has 0 spiro atoms. The van der Waals surface area contributed by atoms with E-state index in [-0.39, 0.29) is 55.5 Å². The lowest BCUT2D eigenvalue weighted by Gasteiger charge is -2.41. The van der Waals surface area contributed by atoms with Crippen LogP contribution in [0.5, 0.6) is 0 Å². The van der Waals surface area contributed by atoms with Gasteiger partial charge in [-0.05, 0) is 43.0 Å². The normalized spacial score (nSPS) is 14.8. The molecule has 2 aliphatic rings. The van der Waals surface area contributed by atoms with E-state index in [1.54, 1.807) is 12.1 Å². The van der Waals surface area contributed by atoms with Crippen molar-refractivity contribution in [3.8, 4) is 57.2 Å². The van der Waals surface area contributed by atoms with E-state index in [2.05, 4.69) is 29.6 Å². The van der Waals surface area contributed by atoms with E-state index in [0.717, 1.165) is 19.3 Å². The van der Waals surface area contributed by atoms with Crippen LogP contribution in [0.1, 0.15) is 39.2 Å². The summed E-state index contributed by atoms with van der Waals surface area (Å²) in [6.45, 7) is 17.8. The van der Waals surface area contributed by atoms with Gasteiger partial charge >= 0.3 is 10.2 Å². The Labute approximate surface area is 312 Å². The first kappa shape index (κ1) is 38.4. The molecule has 0 radical (unpaired) electrons. The molecule has 0 aliphatic heterocycles. The zero-order valence-corrected chi connectivity index (χ0v) is 29.5. The first-order chi connectivity index (χ1) is 26.5. The van der Waals surface area contributed by atoms with Gasteiger partial charge in [-0.25, -0.2) is 56.5 Å². The third-order valence-electron chi connectivity index (χ3n) is 9.66. The molecule has 57 heavy (non-hydrogen) atoms. The molecular weight excluding hydrogens is 798 g/mol. The SMILES string of the molecule is [C-]#[N+]/C(C#N)=c1/c2c(/c(=C(\C#N)[N+]#[C-])c3c1-c1ncc(-c4c(F)c(F)c(C)c(F)c4F)nc1C3)-c1ncc(-c3c(C)c(F)c(S(F)(F)(F)(F)F)c(F)c3C)nc1C2. The highest BCUT2D eigenvalue weighted by atomic mass is 32.5. The Kier molecular flexibility index (Phi) is 7.95. The van der Waals surface area contributed by atoms with E-state index in [4.69, 9.17) is 13.1 Å². The molecule has 0 N–H and O–H groups in total. The number of hydrogen-bond acceptors (Lipinski definition) is 6. The second kappa shape index (κ2) is 11.8. The van der Waals surface area contributed by atoms with Gasteiger partial charge in [-0.3, -0.25) is 9.97 Å². The molecular formula is C37H15F11N8S. The van der Waals surface area contributed by atoms with Gasteiger partial charge < -0.3 is 0 Å². The zero-order valence-electron chi connectivity index (χ0n) is 28.7. The van der Waals surface area contributed by atoms with Gasteiger partial charge in [-0.15, -0.1) is 0 Å². The topological polar surface area (TPSA) is 108 Å². The molecule has 0 unspecified atom stereocenters.